The Kier molecular flexibility index (Phi) is 15.5. The molecule has 244 valence electrons. The van der Waals surface area contributed by atoms with E-state index in [1.54, 1.807) is 7.11 Å². The first-order valence-electron chi connectivity index (χ1n) is 16.2. The van der Waals surface area contributed by atoms with Crippen molar-refractivity contribution in [3.63, 3.8) is 0 Å². The van der Waals surface area contributed by atoms with Gasteiger partial charge in [-0.25, -0.2) is 9.79 Å². The molecule has 2 N–H and O–H groups in total. The zero-order valence-electron chi connectivity index (χ0n) is 26.6. The Bertz CT molecular complexity index is 905. The number of amides is 2. The Morgan fingerprint density at radius 3 is 2.44 bits per heavy atom. The van der Waals surface area contributed by atoms with E-state index in [0.29, 0.717) is 77.3 Å². The number of carbonyl (C=O) groups excluding carboxylic acids is 2. The smallest absolute Gasteiger partial charge is 0.413 e. The Morgan fingerprint density at radius 2 is 1.79 bits per heavy atom. The third-order valence-corrected chi connectivity index (χ3v) is 8.42. The van der Waals surface area contributed by atoms with Crippen LogP contribution in [0.3, 0.4) is 0 Å². The van der Waals surface area contributed by atoms with Gasteiger partial charge in [0.25, 0.3) is 0 Å². The van der Waals surface area contributed by atoms with Gasteiger partial charge in [0.05, 0.1) is 39.1 Å². The van der Waals surface area contributed by atoms with Crippen LogP contribution in [0.2, 0.25) is 0 Å². The number of ether oxygens (including phenoxy) is 4. The molecule has 12 nitrogen and oxygen atoms in total. The number of likely N-dealkylation sites (tertiary alicyclic amines) is 1. The van der Waals surface area contributed by atoms with Crippen molar-refractivity contribution >= 4 is 18.0 Å². The van der Waals surface area contributed by atoms with Gasteiger partial charge in [-0.15, -0.1) is 0 Å². The summed E-state index contributed by atoms with van der Waals surface area (Å²) >= 11 is 0. The first-order valence-corrected chi connectivity index (χ1v) is 16.2. The standard InChI is InChI=1S/C31H54N6O6/c1-25(2)23-43-30(39)34-29(37-15-18-42-19-16-37)33-27(22-26-8-5-4-6-9-26)28(38)35-31(24-32)10-13-36(14-11-31)12-7-17-41-21-20-40-3/h25-27H,4-23H2,1-3H3,(H,35,38)(H,33,34,39). The second kappa shape index (κ2) is 19.0. The van der Waals surface area contributed by atoms with Crippen molar-refractivity contribution in [3.8, 4) is 6.07 Å². The number of rotatable bonds is 14. The van der Waals surface area contributed by atoms with Gasteiger partial charge in [-0.3, -0.25) is 10.1 Å². The number of alkyl carbamates (subject to hydrolysis) is 1. The molecule has 0 bridgehead atoms. The summed E-state index contributed by atoms with van der Waals surface area (Å²) in [5.74, 6) is 0.650. The van der Waals surface area contributed by atoms with Gasteiger partial charge in [0.2, 0.25) is 11.9 Å². The molecule has 0 aromatic heterocycles. The summed E-state index contributed by atoms with van der Waals surface area (Å²) in [5, 5.41) is 16.2. The van der Waals surface area contributed by atoms with Crippen LogP contribution in [0.5, 0.6) is 0 Å². The molecule has 1 atom stereocenters. The molecular formula is C31H54N6O6. The van der Waals surface area contributed by atoms with Crippen LogP contribution < -0.4 is 10.6 Å². The van der Waals surface area contributed by atoms with Crippen LogP contribution >= 0.6 is 0 Å². The van der Waals surface area contributed by atoms with Crippen molar-refractivity contribution in [3.05, 3.63) is 0 Å². The highest BCUT2D eigenvalue weighted by atomic mass is 16.5. The number of nitrogens with zero attached hydrogens (tertiary/aromatic N) is 4. The zero-order chi connectivity index (χ0) is 30.9. The van der Waals surface area contributed by atoms with Crippen molar-refractivity contribution in [2.75, 3.05) is 79.5 Å². The van der Waals surface area contributed by atoms with E-state index in [-0.39, 0.29) is 18.4 Å². The van der Waals surface area contributed by atoms with Crippen LogP contribution in [0, 0.1) is 23.2 Å². The summed E-state index contributed by atoms with van der Waals surface area (Å²) in [5.41, 5.74) is -0.939. The average Bonchev–Trinajstić information content (AvgIpc) is 3.02. The van der Waals surface area contributed by atoms with Crippen molar-refractivity contribution in [2.45, 2.75) is 83.2 Å². The lowest BCUT2D eigenvalue weighted by Crippen LogP contribution is -2.57. The molecule has 1 aliphatic carbocycles. The number of guanidine groups is 1. The quantitative estimate of drug-likeness (QED) is 0.174. The molecule has 0 aromatic rings. The topological polar surface area (TPSA) is 138 Å². The monoisotopic (exact) mass is 606 g/mol. The fourth-order valence-corrected chi connectivity index (χ4v) is 5.82. The predicted molar refractivity (Wildman–Crippen MR) is 164 cm³/mol. The van der Waals surface area contributed by atoms with E-state index < -0.39 is 17.7 Å². The first-order chi connectivity index (χ1) is 20.8. The van der Waals surface area contributed by atoms with E-state index in [1.165, 1.54) is 6.42 Å². The number of nitriles is 1. The second-order valence-corrected chi connectivity index (χ2v) is 12.4. The zero-order valence-corrected chi connectivity index (χ0v) is 26.6. The maximum absolute atomic E-state index is 14.0. The third kappa shape index (κ3) is 12.6. The van der Waals surface area contributed by atoms with Crippen LogP contribution in [0.1, 0.15) is 71.6 Å². The third-order valence-electron chi connectivity index (χ3n) is 8.42. The van der Waals surface area contributed by atoms with Crippen molar-refractivity contribution in [2.24, 2.45) is 16.8 Å². The minimum absolute atomic E-state index is 0.196. The number of methoxy groups -OCH3 is 1. The van der Waals surface area contributed by atoms with Gasteiger partial charge < -0.3 is 34.1 Å². The van der Waals surface area contributed by atoms with Crippen molar-refractivity contribution in [1.29, 1.82) is 5.26 Å². The Balaban J connectivity index is 1.69. The Labute approximate surface area is 257 Å². The SMILES string of the molecule is COCCOCCCN1CCC(C#N)(NC(=O)C(CC2CCCCC2)N=C(NC(=O)OCC(C)C)N2CCOCC2)CC1. The highest BCUT2D eigenvalue weighted by Crippen LogP contribution is 2.29. The van der Waals surface area contributed by atoms with Gasteiger partial charge in [0.1, 0.15) is 11.6 Å². The fraction of sp³-hybridized carbons (Fsp3) is 0.871. The van der Waals surface area contributed by atoms with E-state index >= 15 is 0 Å². The molecule has 1 saturated carbocycles. The minimum atomic E-state index is -0.939. The second-order valence-electron chi connectivity index (χ2n) is 12.4. The predicted octanol–water partition coefficient (Wildman–Crippen LogP) is 2.92. The normalized spacial score (nSPS) is 20.8. The molecule has 3 aliphatic rings. The number of piperidine rings is 1. The number of hydrogen-bond acceptors (Lipinski definition) is 9. The molecule has 0 spiro atoms. The van der Waals surface area contributed by atoms with E-state index in [1.807, 2.05) is 18.7 Å². The van der Waals surface area contributed by atoms with Gasteiger partial charge in [0.15, 0.2) is 0 Å². The summed E-state index contributed by atoms with van der Waals surface area (Å²) in [7, 11) is 1.66. The lowest BCUT2D eigenvalue weighted by molar-refractivity contribution is -0.124. The molecule has 3 fully saturated rings. The number of hydrogen-bond donors (Lipinski definition) is 2. The van der Waals surface area contributed by atoms with Crippen LogP contribution in [-0.2, 0) is 23.7 Å². The van der Waals surface area contributed by atoms with Crippen molar-refractivity contribution < 1.29 is 28.5 Å². The Morgan fingerprint density at radius 1 is 1.07 bits per heavy atom. The Hall–Kier alpha value is -2.46. The summed E-state index contributed by atoms with van der Waals surface area (Å²) in [6.45, 7) is 10.6. The van der Waals surface area contributed by atoms with E-state index in [0.717, 1.165) is 51.7 Å². The molecule has 1 unspecified atom stereocenters. The summed E-state index contributed by atoms with van der Waals surface area (Å²) in [6.07, 6.45) is 7.64. The molecule has 12 heteroatoms. The molecule has 43 heavy (non-hydrogen) atoms. The largest absolute Gasteiger partial charge is 0.449 e. The summed E-state index contributed by atoms with van der Waals surface area (Å²) in [4.78, 5) is 35.8. The number of morpholine rings is 1. The molecule has 2 saturated heterocycles. The fourth-order valence-electron chi connectivity index (χ4n) is 5.82. The summed E-state index contributed by atoms with van der Waals surface area (Å²) < 4.78 is 21.5. The maximum Gasteiger partial charge on any atom is 0.413 e. The van der Waals surface area contributed by atoms with Gasteiger partial charge in [-0.05, 0) is 37.5 Å². The van der Waals surface area contributed by atoms with Crippen LogP contribution in [0.25, 0.3) is 0 Å². The molecule has 2 amide bonds. The number of carbonyl (C=O) groups is 2. The molecule has 0 aromatic carbocycles. The highest BCUT2D eigenvalue weighted by molar-refractivity contribution is 5.96. The molecule has 3 rings (SSSR count). The van der Waals surface area contributed by atoms with Gasteiger partial charge >= 0.3 is 6.09 Å². The first kappa shape index (κ1) is 35.0. The van der Waals surface area contributed by atoms with Crippen LogP contribution in [-0.4, -0.2) is 119 Å². The highest BCUT2D eigenvalue weighted by Gasteiger charge is 2.38. The van der Waals surface area contributed by atoms with E-state index in [9.17, 15) is 14.9 Å². The van der Waals surface area contributed by atoms with Crippen molar-refractivity contribution in [1.82, 2.24) is 20.4 Å². The van der Waals surface area contributed by atoms with Crippen LogP contribution in [0.15, 0.2) is 4.99 Å². The minimum Gasteiger partial charge on any atom is -0.449 e. The maximum atomic E-state index is 14.0. The summed E-state index contributed by atoms with van der Waals surface area (Å²) in [6, 6.07) is 1.71. The van der Waals surface area contributed by atoms with Gasteiger partial charge in [-0.2, -0.15) is 5.26 Å². The van der Waals surface area contributed by atoms with E-state index in [4.69, 9.17) is 23.9 Å². The molecule has 0 radical (unpaired) electrons. The lowest BCUT2D eigenvalue weighted by Gasteiger charge is -2.38. The molecule has 2 heterocycles. The lowest BCUT2D eigenvalue weighted by atomic mass is 9.84. The molecule has 2 aliphatic heterocycles. The van der Waals surface area contributed by atoms with Gasteiger partial charge in [-0.1, -0.05) is 46.0 Å². The van der Waals surface area contributed by atoms with Crippen LogP contribution in [0.4, 0.5) is 4.79 Å². The van der Waals surface area contributed by atoms with E-state index in [2.05, 4.69) is 21.6 Å². The number of aliphatic imine (C=N–C) groups is 1. The average molecular weight is 607 g/mol. The molecular weight excluding hydrogens is 552 g/mol. The van der Waals surface area contributed by atoms with Gasteiger partial charge in [0, 0.05) is 46.4 Å². The number of nitrogens with one attached hydrogen (secondary N) is 2.